The molecular weight excluding hydrogens is 260 g/mol. The Morgan fingerprint density at radius 3 is 2.24 bits per heavy atom. The molecule has 0 aromatic carbocycles. The molecule has 1 aromatic heterocycles. The molecule has 0 bridgehead atoms. The molecule has 0 aliphatic rings. The van der Waals surface area contributed by atoms with Crippen molar-refractivity contribution in [3.8, 4) is 0 Å². The van der Waals surface area contributed by atoms with Crippen LogP contribution in [0.5, 0.6) is 0 Å². The summed E-state index contributed by atoms with van der Waals surface area (Å²) in [6.45, 7) is 5.29. The van der Waals surface area contributed by atoms with Gasteiger partial charge in [0.25, 0.3) is 0 Å². The lowest BCUT2D eigenvalue weighted by Crippen LogP contribution is -2.29. The molecular formula is C17H34N4. The van der Waals surface area contributed by atoms with Gasteiger partial charge in [-0.15, -0.1) is 0 Å². The zero-order valence-electron chi connectivity index (χ0n) is 14.0. The second-order valence-electron chi connectivity index (χ2n) is 5.91. The number of nitrogens with one attached hydrogen (secondary N) is 1. The van der Waals surface area contributed by atoms with Crippen LogP contribution >= 0.6 is 0 Å². The van der Waals surface area contributed by atoms with Gasteiger partial charge in [0, 0.05) is 12.7 Å². The van der Waals surface area contributed by atoms with Crippen LogP contribution in [0.3, 0.4) is 0 Å². The van der Waals surface area contributed by atoms with Crippen LogP contribution in [0.1, 0.15) is 89.8 Å². The zero-order valence-corrected chi connectivity index (χ0v) is 14.0. The topological polar surface area (TPSA) is 55.9 Å². The van der Waals surface area contributed by atoms with E-state index in [4.69, 9.17) is 5.84 Å². The van der Waals surface area contributed by atoms with Gasteiger partial charge in [-0.1, -0.05) is 64.7 Å². The number of hydrogen-bond donors (Lipinski definition) is 2. The Bertz CT molecular complexity index is 348. The molecule has 1 rings (SSSR count). The highest BCUT2D eigenvalue weighted by molar-refractivity contribution is 5.06. The van der Waals surface area contributed by atoms with Crippen molar-refractivity contribution in [2.75, 3.05) is 0 Å². The van der Waals surface area contributed by atoms with Crippen molar-refractivity contribution in [1.29, 1.82) is 0 Å². The van der Waals surface area contributed by atoms with Crippen LogP contribution in [-0.2, 0) is 6.54 Å². The van der Waals surface area contributed by atoms with Gasteiger partial charge in [-0.3, -0.25) is 16.0 Å². The molecule has 0 amide bonds. The van der Waals surface area contributed by atoms with Crippen LogP contribution in [0.25, 0.3) is 0 Å². The largest absolute Gasteiger partial charge is 0.271 e. The summed E-state index contributed by atoms with van der Waals surface area (Å²) >= 11 is 0. The van der Waals surface area contributed by atoms with Gasteiger partial charge in [0.1, 0.15) is 0 Å². The van der Waals surface area contributed by atoms with Crippen LogP contribution in [-0.4, -0.2) is 9.78 Å². The molecule has 1 heterocycles. The second kappa shape index (κ2) is 11.8. The van der Waals surface area contributed by atoms with E-state index in [2.05, 4.69) is 30.4 Å². The predicted octanol–water partition coefficient (Wildman–Crippen LogP) is 4.33. The first-order valence-corrected chi connectivity index (χ1v) is 8.81. The average molecular weight is 294 g/mol. The fraction of sp³-hybridized carbons (Fsp3) is 0.824. The maximum absolute atomic E-state index is 5.71. The predicted molar refractivity (Wildman–Crippen MR) is 89.8 cm³/mol. The van der Waals surface area contributed by atoms with Gasteiger partial charge in [-0.2, -0.15) is 5.10 Å². The van der Waals surface area contributed by atoms with Gasteiger partial charge in [-0.05, 0) is 19.4 Å². The van der Waals surface area contributed by atoms with E-state index in [-0.39, 0.29) is 6.04 Å². The van der Waals surface area contributed by atoms with Crippen LogP contribution in [0.4, 0.5) is 0 Å². The fourth-order valence-electron chi connectivity index (χ4n) is 2.88. The molecule has 21 heavy (non-hydrogen) atoms. The van der Waals surface area contributed by atoms with Gasteiger partial charge in [0.15, 0.2) is 0 Å². The van der Waals surface area contributed by atoms with Crippen molar-refractivity contribution in [1.82, 2.24) is 15.2 Å². The van der Waals surface area contributed by atoms with Crippen molar-refractivity contribution >= 4 is 0 Å². The number of aryl methyl sites for hydroxylation is 1. The smallest absolute Gasteiger partial charge is 0.0629 e. The first-order chi connectivity index (χ1) is 10.3. The summed E-state index contributed by atoms with van der Waals surface area (Å²) < 4.78 is 2.03. The quantitative estimate of drug-likeness (QED) is 0.323. The van der Waals surface area contributed by atoms with Crippen molar-refractivity contribution in [2.24, 2.45) is 5.84 Å². The molecule has 0 aliphatic heterocycles. The minimum Gasteiger partial charge on any atom is -0.271 e. The summed E-state index contributed by atoms with van der Waals surface area (Å²) in [5, 5.41) is 4.32. The maximum atomic E-state index is 5.71. The fourth-order valence-corrected chi connectivity index (χ4v) is 2.88. The molecule has 1 unspecified atom stereocenters. The van der Waals surface area contributed by atoms with Crippen LogP contribution in [0.15, 0.2) is 12.3 Å². The molecule has 0 fully saturated rings. The highest BCUT2D eigenvalue weighted by Gasteiger charge is 2.13. The highest BCUT2D eigenvalue weighted by atomic mass is 15.3. The molecule has 0 saturated carbocycles. The van der Waals surface area contributed by atoms with Crippen molar-refractivity contribution in [3.63, 3.8) is 0 Å². The monoisotopic (exact) mass is 294 g/mol. The lowest BCUT2D eigenvalue weighted by atomic mass is 10.0. The molecule has 4 heteroatoms. The first kappa shape index (κ1) is 18.2. The third kappa shape index (κ3) is 7.09. The Hall–Kier alpha value is -0.870. The average Bonchev–Trinajstić information content (AvgIpc) is 2.98. The van der Waals surface area contributed by atoms with E-state index in [1.165, 1.54) is 63.5 Å². The summed E-state index contributed by atoms with van der Waals surface area (Å²) in [6.07, 6.45) is 15.2. The van der Waals surface area contributed by atoms with E-state index in [0.717, 1.165) is 13.0 Å². The Morgan fingerprint density at radius 1 is 1.05 bits per heavy atom. The highest BCUT2D eigenvalue weighted by Crippen LogP contribution is 2.19. The number of hydrogen-bond acceptors (Lipinski definition) is 3. The molecule has 0 aliphatic carbocycles. The van der Waals surface area contributed by atoms with Gasteiger partial charge in [0.05, 0.1) is 11.7 Å². The number of rotatable bonds is 13. The molecule has 0 saturated heterocycles. The summed E-state index contributed by atoms with van der Waals surface area (Å²) in [5.41, 5.74) is 4.15. The Kier molecular flexibility index (Phi) is 10.2. The van der Waals surface area contributed by atoms with E-state index in [9.17, 15) is 0 Å². The Balaban J connectivity index is 2.10. The normalized spacial score (nSPS) is 12.7. The number of nitrogens with zero attached hydrogens (tertiary/aromatic N) is 2. The molecule has 1 atom stereocenters. The molecule has 0 radical (unpaired) electrons. The molecule has 0 spiro atoms. The van der Waals surface area contributed by atoms with Crippen molar-refractivity contribution < 1.29 is 0 Å². The van der Waals surface area contributed by atoms with E-state index in [1.807, 2.05) is 10.9 Å². The molecule has 122 valence electrons. The third-order valence-electron chi connectivity index (χ3n) is 4.20. The third-order valence-corrected chi connectivity index (χ3v) is 4.20. The van der Waals surface area contributed by atoms with Gasteiger partial charge < -0.3 is 0 Å². The first-order valence-electron chi connectivity index (χ1n) is 8.81. The van der Waals surface area contributed by atoms with Gasteiger partial charge in [0.2, 0.25) is 0 Å². The van der Waals surface area contributed by atoms with Gasteiger partial charge >= 0.3 is 0 Å². The van der Waals surface area contributed by atoms with Crippen LogP contribution < -0.4 is 11.3 Å². The van der Waals surface area contributed by atoms with E-state index in [1.54, 1.807) is 0 Å². The number of hydrazine groups is 1. The van der Waals surface area contributed by atoms with Crippen LogP contribution in [0, 0.1) is 0 Å². The molecule has 4 nitrogen and oxygen atoms in total. The SMILES string of the molecule is CCCCCCCCCCCC(NN)c1ccnn1CC. The van der Waals surface area contributed by atoms with Gasteiger partial charge in [-0.25, -0.2) is 0 Å². The lowest BCUT2D eigenvalue weighted by Gasteiger charge is -2.17. The van der Waals surface area contributed by atoms with Crippen LogP contribution in [0.2, 0.25) is 0 Å². The maximum Gasteiger partial charge on any atom is 0.0629 e. The summed E-state index contributed by atoms with van der Waals surface area (Å²) in [7, 11) is 0. The van der Waals surface area contributed by atoms with E-state index in [0.29, 0.717) is 0 Å². The number of aromatic nitrogens is 2. The lowest BCUT2D eigenvalue weighted by molar-refractivity contribution is 0.441. The zero-order chi connectivity index (χ0) is 15.3. The number of unbranched alkanes of at least 4 members (excludes halogenated alkanes) is 8. The molecule has 1 aromatic rings. The van der Waals surface area contributed by atoms with Crippen molar-refractivity contribution in [2.45, 2.75) is 90.6 Å². The summed E-state index contributed by atoms with van der Waals surface area (Å²) in [6, 6.07) is 2.30. The minimum atomic E-state index is 0.233. The standard InChI is InChI=1S/C17H34N4/c1-3-5-6-7-8-9-10-11-12-13-16(20-18)17-14-15-19-21(17)4-2/h14-16,20H,3-13,18H2,1-2H3. The summed E-state index contributed by atoms with van der Waals surface area (Å²) in [4.78, 5) is 0. The summed E-state index contributed by atoms with van der Waals surface area (Å²) in [5.74, 6) is 5.71. The number of nitrogens with two attached hydrogens (primary N) is 1. The van der Waals surface area contributed by atoms with Crippen molar-refractivity contribution in [3.05, 3.63) is 18.0 Å². The van der Waals surface area contributed by atoms with E-state index < -0.39 is 0 Å². The second-order valence-corrected chi connectivity index (χ2v) is 5.91. The van der Waals surface area contributed by atoms with E-state index >= 15 is 0 Å². The minimum absolute atomic E-state index is 0.233. The molecule has 3 N–H and O–H groups in total. The Labute approximate surface area is 130 Å². The Morgan fingerprint density at radius 2 is 1.67 bits per heavy atom.